The SMILES string of the molecule is O=C([O-])C(O)C(O)C(=O)[O-].O=C([O-])C(O)C(O)C(=O)[O-].O=C([O-])C(O)C(O)C(=O)[O-].[Ba+2].[Ti+4]. The fourth-order valence-electron chi connectivity index (χ4n) is 0.773. The Morgan fingerprint density at radius 3 is 0.469 bits per heavy atom. The van der Waals surface area contributed by atoms with Crippen molar-refractivity contribution in [3.63, 3.8) is 0 Å². The van der Waals surface area contributed by atoms with E-state index in [4.69, 9.17) is 30.6 Å². The molecule has 0 amide bonds. The molecule has 32 heavy (non-hydrogen) atoms. The first-order chi connectivity index (χ1) is 13.4. The van der Waals surface area contributed by atoms with Gasteiger partial charge >= 0.3 is 70.6 Å². The van der Waals surface area contributed by atoms with E-state index in [0.717, 1.165) is 0 Å². The van der Waals surface area contributed by atoms with Gasteiger partial charge in [0.15, 0.2) is 0 Å². The Bertz CT molecular complexity index is 500. The summed E-state index contributed by atoms with van der Waals surface area (Å²) in [7, 11) is 0. The maximum absolute atomic E-state index is 9.63. The number of carboxylic acid groups (broad SMARTS) is 6. The van der Waals surface area contributed by atoms with E-state index in [2.05, 4.69) is 0 Å². The van der Waals surface area contributed by atoms with E-state index in [1.54, 1.807) is 0 Å². The van der Waals surface area contributed by atoms with Gasteiger partial charge in [-0.2, -0.15) is 0 Å². The van der Waals surface area contributed by atoms with Crippen LogP contribution in [0.4, 0.5) is 0 Å². The van der Waals surface area contributed by atoms with E-state index in [1.807, 2.05) is 0 Å². The monoisotopic (exact) mass is 630 g/mol. The van der Waals surface area contributed by atoms with Crippen LogP contribution < -0.4 is 30.6 Å². The van der Waals surface area contributed by atoms with Crippen molar-refractivity contribution < 1.29 is 112 Å². The number of aliphatic carboxylic acids is 6. The zero-order valence-corrected chi connectivity index (χ0v) is 21.3. The molecule has 0 rings (SSSR count). The molecular weight excluding hydrogens is 617 g/mol. The third kappa shape index (κ3) is 18.4. The van der Waals surface area contributed by atoms with Crippen LogP contribution in [-0.2, 0) is 50.5 Å². The summed E-state index contributed by atoms with van der Waals surface area (Å²) in [5.41, 5.74) is 0. The van der Waals surface area contributed by atoms with Crippen molar-refractivity contribution in [2.24, 2.45) is 0 Å². The minimum Gasteiger partial charge on any atom is -0.547 e. The van der Waals surface area contributed by atoms with Crippen LogP contribution >= 0.6 is 0 Å². The average Bonchev–Trinajstić information content (AvgIpc) is 2.64. The van der Waals surface area contributed by atoms with Gasteiger partial charge in [0.25, 0.3) is 0 Å². The van der Waals surface area contributed by atoms with Crippen LogP contribution in [0.1, 0.15) is 0 Å². The van der Waals surface area contributed by atoms with Crippen molar-refractivity contribution >= 4 is 84.7 Å². The Labute approximate surface area is 231 Å². The normalized spacial score (nSPS) is 14.8. The van der Waals surface area contributed by atoms with Gasteiger partial charge in [-0.15, -0.1) is 0 Å². The first kappa shape index (κ1) is 41.2. The summed E-state index contributed by atoms with van der Waals surface area (Å²) >= 11 is 0. The minimum absolute atomic E-state index is 0. The Balaban J connectivity index is -0.000000110. The van der Waals surface area contributed by atoms with Crippen LogP contribution in [0.2, 0.25) is 0 Å². The maximum Gasteiger partial charge on any atom is 4.00 e. The van der Waals surface area contributed by atoms with E-state index in [-0.39, 0.29) is 70.6 Å². The summed E-state index contributed by atoms with van der Waals surface area (Å²) in [5.74, 6) is -12.4. The summed E-state index contributed by atoms with van der Waals surface area (Å²) in [4.78, 5) is 57.8. The molecule has 0 aromatic rings. The maximum atomic E-state index is 9.63. The second kappa shape index (κ2) is 20.5. The summed E-state index contributed by atoms with van der Waals surface area (Å²) in [6.07, 6.45) is -14.6. The fraction of sp³-hybridized carbons (Fsp3) is 0.500. The first-order valence-corrected chi connectivity index (χ1v) is 6.73. The number of carbonyl (C=O) groups is 6. The van der Waals surface area contributed by atoms with Crippen LogP contribution in [0.3, 0.4) is 0 Å². The third-order valence-corrected chi connectivity index (χ3v) is 2.35. The van der Waals surface area contributed by atoms with Crippen LogP contribution in [0.15, 0.2) is 0 Å². The molecule has 0 aliphatic carbocycles. The van der Waals surface area contributed by atoms with E-state index < -0.39 is 72.4 Å². The molecule has 6 atom stereocenters. The molecule has 174 valence electrons. The van der Waals surface area contributed by atoms with Gasteiger partial charge in [-0.25, -0.2) is 0 Å². The van der Waals surface area contributed by atoms with Gasteiger partial charge < -0.3 is 90.0 Å². The topological polar surface area (TPSA) is 362 Å². The average molecular weight is 629 g/mol. The molecule has 0 aliphatic heterocycles. The van der Waals surface area contributed by atoms with Gasteiger partial charge in [0.1, 0.15) is 36.6 Å². The minimum atomic E-state index is -2.44. The predicted molar refractivity (Wildman–Crippen MR) is 71.8 cm³/mol. The van der Waals surface area contributed by atoms with Gasteiger partial charge in [-0.1, -0.05) is 0 Å². The van der Waals surface area contributed by atoms with E-state index in [9.17, 15) is 59.4 Å². The summed E-state index contributed by atoms with van der Waals surface area (Å²) in [5, 5.41) is 107. The van der Waals surface area contributed by atoms with Crippen molar-refractivity contribution in [3.8, 4) is 0 Å². The van der Waals surface area contributed by atoms with Crippen LogP contribution in [0.25, 0.3) is 0 Å². The molecule has 0 spiro atoms. The second-order valence-electron chi connectivity index (χ2n) is 4.58. The second-order valence-corrected chi connectivity index (χ2v) is 4.58. The molecule has 0 heterocycles. The number of rotatable bonds is 9. The molecule has 0 radical (unpaired) electrons. The van der Waals surface area contributed by atoms with Crippen LogP contribution in [0, 0.1) is 0 Å². The Morgan fingerprint density at radius 2 is 0.438 bits per heavy atom. The largest absolute Gasteiger partial charge is 4.00 e. The van der Waals surface area contributed by atoms with Crippen molar-refractivity contribution in [2.45, 2.75) is 36.6 Å². The van der Waals surface area contributed by atoms with Gasteiger partial charge in [-0.05, 0) is 0 Å². The Morgan fingerprint density at radius 1 is 0.375 bits per heavy atom. The van der Waals surface area contributed by atoms with Crippen molar-refractivity contribution in [1.29, 1.82) is 0 Å². The van der Waals surface area contributed by atoms with Gasteiger partial charge in [0.2, 0.25) is 0 Å². The summed E-state index contributed by atoms with van der Waals surface area (Å²) < 4.78 is 0. The molecule has 0 aliphatic rings. The molecule has 0 aromatic heterocycles. The quantitative estimate of drug-likeness (QED) is 0.129. The smallest absolute Gasteiger partial charge is 0.547 e. The number of aliphatic hydroxyl groups excluding tert-OH is 6. The van der Waals surface area contributed by atoms with Crippen LogP contribution in [0.5, 0.6) is 0 Å². The molecule has 0 fully saturated rings. The Kier molecular flexibility index (Phi) is 26.3. The predicted octanol–water partition coefficient (Wildman–Crippen LogP) is -14.8. The van der Waals surface area contributed by atoms with Gasteiger partial charge in [0, 0.05) is 0 Å². The molecule has 0 bridgehead atoms. The van der Waals surface area contributed by atoms with Crippen molar-refractivity contribution in [2.75, 3.05) is 0 Å². The van der Waals surface area contributed by atoms with Gasteiger partial charge in [-0.3, -0.25) is 0 Å². The molecule has 0 saturated heterocycles. The number of hydrogen-bond donors (Lipinski definition) is 6. The fourth-order valence-corrected chi connectivity index (χ4v) is 0.773. The molecule has 6 unspecified atom stereocenters. The first-order valence-electron chi connectivity index (χ1n) is 6.73. The summed E-state index contributed by atoms with van der Waals surface area (Å²) in [6.45, 7) is 0. The molecular formula is C12H12BaO18Ti. The zero-order valence-electron chi connectivity index (χ0n) is 15.3. The standard InChI is InChI=1S/3C4H6O6.Ba.Ti/c3*5-1(3(7)8)2(6)4(9)10;;/h3*1-2,5-6H,(H,7,8)(H,9,10);;/q;;;+2;+4/p-6. The van der Waals surface area contributed by atoms with Crippen LogP contribution in [-0.4, -0.2) is 152 Å². The van der Waals surface area contributed by atoms with Crippen molar-refractivity contribution in [3.05, 3.63) is 0 Å². The third-order valence-electron chi connectivity index (χ3n) is 2.35. The number of carboxylic acids is 6. The molecule has 20 heteroatoms. The number of aliphatic hydroxyl groups is 6. The van der Waals surface area contributed by atoms with Crippen molar-refractivity contribution in [1.82, 2.24) is 0 Å². The van der Waals surface area contributed by atoms with E-state index in [0.29, 0.717) is 0 Å². The van der Waals surface area contributed by atoms with Gasteiger partial charge in [0.05, 0.1) is 35.8 Å². The number of hydrogen-bond acceptors (Lipinski definition) is 18. The summed E-state index contributed by atoms with van der Waals surface area (Å²) in [6, 6.07) is 0. The molecule has 18 nitrogen and oxygen atoms in total. The number of carbonyl (C=O) groups excluding carboxylic acids is 6. The Hall–Kier alpha value is -1.13. The zero-order chi connectivity index (χ0) is 24.9. The van der Waals surface area contributed by atoms with E-state index >= 15 is 0 Å². The molecule has 0 saturated carbocycles. The molecule has 6 N–H and O–H groups in total. The molecule has 0 aromatic carbocycles. The van der Waals surface area contributed by atoms with E-state index in [1.165, 1.54) is 0 Å².